The van der Waals surface area contributed by atoms with Crippen molar-refractivity contribution < 1.29 is 14.3 Å². The number of carbonyl (C=O) groups is 1. The molecule has 0 aliphatic carbocycles. The van der Waals surface area contributed by atoms with Gasteiger partial charge in [0.15, 0.2) is 0 Å². The normalized spacial score (nSPS) is 9.62. The summed E-state index contributed by atoms with van der Waals surface area (Å²) < 4.78 is 10.6. The first kappa shape index (κ1) is 17.8. The van der Waals surface area contributed by atoms with Crippen LogP contribution in [-0.4, -0.2) is 38.9 Å². The Labute approximate surface area is 99.7 Å². The monoisotopic (exact) mass is 233 g/mol. The molecule has 98 valence electrons. The van der Waals surface area contributed by atoms with Gasteiger partial charge in [-0.05, 0) is 20.3 Å². The van der Waals surface area contributed by atoms with Gasteiger partial charge in [-0.3, -0.25) is 4.79 Å². The second-order valence-electron chi connectivity index (χ2n) is 3.31. The molecule has 0 aromatic heterocycles. The summed E-state index contributed by atoms with van der Waals surface area (Å²) >= 11 is 0. The van der Waals surface area contributed by atoms with Gasteiger partial charge in [-0.2, -0.15) is 0 Å². The predicted octanol–water partition coefficient (Wildman–Crippen LogP) is 1.98. The van der Waals surface area contributed by atoms with Crippen LogP contribution in [0.15, 0.2) is 0 Å². The van der Waals surface area contributed by atoms with E-state index in [0.717, 1.165) is 13.0 Å². The first-order chi connectivity index (χ1) is 7.66. The van der Waals surface area contributed by atoms with E-state index in [1.165, 1.54) is 0 Å². The number of carbonyl (C=O) groups excluding carboxylic acids is 1. The van der Waals surface area contributed by atoms with Crippen molar-refractivity contribution in [2.24, 2.45) is 0 Å². The minimum atomic E-state index is 0.0171. The number of rotatable bonds is 8. The fourth-order valence-corrected chi connectivity index (χ4v) is 0.872. The third-order valence-electron chi connectivity index (χ3n) is 1.64. The van der Waals surface area contributed by atoms with Gasteiger partial charge in [0.1, 0.15) is 0 Å². The number of amides is 1. The molecule has 0 rings (SSSR count). The van der Waals surface area contributed by atoms with Crippen LogP contribution < -0.4 is 5.32 Å². The molecule has 16 heavy (non-hydrogen) atoms. The zero-order valence-electron chi connectivity index (χ0n) is 11.3. The van der Waals surface area contributed by atoms with Gasteiger partial charge in [0.2, 0.25) is 5.91 Å². The van der Waals surface area contributed by atoms with Crippen molar-refractivity contribution in [2.75, 3.05) is 26.9 Å². The molecule has 0 spiro atoms. The van der Waals surface area contributed by atoms with Crippen molar-refractivity contribution in [3.63, 3.8) is 0 Å². The molecule has 0 aliphatic rings. The number of ether oxygens (including phenoxy) is 2. The summed E-state index contributed by atoms with van der Waals surface area (Å²) in [7, 11) is 1.62. The minimum absolute atomic E-state index is 0.0171. The first-order valence-electron chi connectivity index (χ1n) is 6.06. The number of nitrogens with one attached hydrogen (secondary N) is 1. The molecular formula is C12H27NO3. The summed E-state index contributed by atoms with van der Waals surface area (Å²) in [4.78, 5) is 10.8. The van der Waals surface area contributed by atoms with Gasteiger partial charge in [0, 0.05) is 26.7 Å². The van der Waals surface area contributed by atoms with E-state index in [2.05, 4.69) is 5.32 Å². The van der Waals surface area contributed by atoms with Crippen LogP contribution in [-0.2, 0) is 14.3 Å². The van der Waals surface area contributed by atoms with E-state index in [9.17, 15) is 4.79 Å². The number of hydrogen-bond donors (Lipinski definition) is 1. The lowest BCUT2D eigenvalue weighted by Crippen LogP contribution is -2.19. The third-order valence-corrected chi connectivity index (χ3v) is 1.64. The maximum absolute atomic E-state index is 10.8. The molecule has 0 saturated carbocycles. The van der Waals surface area contributed by atoms with Crippen molar-refractivity contribution in [2.45, 2.75) is 46.6 Å². The van der Waals surface area contributed by atoms with Crippen LogP contribution in [0.3, 0.4) is 0 Å². The predicted molar refractivity (Wildman–Crippen MR) is 66.6 cm³/mol. The summed E-state index contributed by atoms with van der Waals surface area (Å²) in [5.74, 6) is 0.0171. The van der Waals surface area contributed by atoms with E-state index in [1.807, 2.05) is 27.7 Å². The molecule has 0 radical (unpaired) electrons. The highest BCUT2D eigenvalue weighted by Gasteiger charge is 1.97. The summed E-state index contributed by atoms with van der Waals surface area (Å²) in [5, 5.41) is 2.54. The molecule has 4 nitrogen and oxygen atoms in total. The van der Waals surface area contributed by atoms with Gasteiger partial charge in [-0.1, -0.05) is 13.8 Å². The second kappa shape index (κ2) is 14.4. The van der Waals surface area contributed by atoms with Gasteiger partial charge in [0.05, 0.1) is 12.7 Å². The summed E-state index contributed by atoms with van der Waals surface area (Å²) in [6, 6.07) is 0. The van der Waals surface area contributed by atoms with Crippen LogP contribution in [0, 0.1) is 0 Å². The highest BCUT2D eigenvalue weighted by molar-refractivity contribution is 5.75. The zero-order valence-corrected chi connectivity index (χ0v) is 11.3. The van der Waals surface area contributed by atoms with E-state index in [1.54, 1.807) is 7.05 Å². The van der Waals surface area contributed by atoms with Crippen LogP contribution >= 0.6 is 0 Å². The van der Waals surface area contributed by atoms with Gasteiger partial charge in [-0.25, -0.2) is 0 Å². The Kier molecular flexibility index (Phi) is 16.0. The van der Waals surface area contributed by atoms with E-state index in [4.69, 9.17) is 9.47 Å². The molecule has 0 aliphatic heterocycles. The van der Waals surface area contributed by atoms with Crippen LogP contribution in [0.5, 0.6) is 0 Å². The average molecular weight is 233 g/mol. The molecule has 1 N–H and O–H groups in total. The van der Waals surface area contributed by atoms with E-state index < -0.39 is 0 Å². The minimum Gasteiger partial charge on any atom is -0.381 e. The highest BCUT2D eigenvalue weighted by atomic mass is 16.5. The van der Waals surface area contributed by atoms with Gasteiger partial charge in [-0.15, -0.1) is 0 Å². The third kappa shape index (κ3) is 15.8. The lowest BCUT2D eigenvalue weighted by molar-refractivity contribution is -0.121. The highest BCUT2D eigenvalue weighted by Crippen LogP contribution is 1.91. The topological polar surface area (TPSA) is 47.6 Å². The lowest BCUT2D eigenvalue weighted by atomic mass is 10.4. The zero-order chi connectivity index (χ0) is 12.8. The first-order valence-corrected chi connectivity index (χ1v) is 6.06. The van der Waals surface area contributed by atoms with Crippen LogP contribution in [0.25, 0.3) is 0 Å². The van der Waals surface area contributed by atoms with E-state index >= 15 is 0 Å². The maximum Gasteiger partial charge on any atom is 0.222 e. The standard InChI is InChI=1S/C10H21NO3.C2H6/c1-9(2)14-7-4-6-13-8-5-10(12)11-3;1-2/h9H,4-8H2,1-3H3,(H,11,12);1-2H3. The molecule has 0 aromatic rings. The molecule has 0 heterocycles. The average Bonchev–Trinajstić information content (AvgIpc) is 2.29. The van der Waals surface area contributed by atoms with Crippen molar-refractivity contribution in [1.29, 1.82) is 0 Å². The smallest absolute Gasteiger partial charge is 0.222 e. The Balaban J connectivity index is 0. The fourth-order valence-electron chi connectivity index (χ4n) is 0.872. The van der Waals surface area contributed by atoms with E-state index in [-0.39, 0.29) is 12.0 Å². The molecule has 0 unspecified atom stereocenters. The quantitative estimate of drug-likeness (QED) is 0.652. The molecule has 0 atom stereocenters. The molecule has 0 bridgehead atoms. The molecule has 1 amide bonds. The van der Waals surface area contributed by atoms with Gasteiger partial charge < -0.3 is 14.8 Å². The van der Waals surface area contributed by atoms with Crippen LogP contribution in [0.4, 0.5) is 0 Å². The molecule has 4 heteroatoms. The van der Waals surface area contributed by atoms with Crippen molar-refractivity contribution in [1.82, 2.24) is 5.32 Å². The lowest BCUT2D eigenvalue weighted by Gasteiger charge is -2.07. The van der Waals surface area contributed by atoms with Crippen LogP contribution in [0.2, 0.25) is 0 Å². The van der Waals surface area contributed by atoms with Crippen molar-refractivity contribution in [3.05, 3.63) is 0 Å². The molecule has 0 fully saturated rings. The summed E-state index contributed by atoms with van der Waals surface area (Å²) in [6.07, 6.45) is 1.59. The van der Waals surface area contributed by atoms with E-state index in [0.29, 0.717) is 19.6 Å². The van der Waals surface area contributed by atoms with Crippen LogP contribution in [0.1, 0.15) is 40.5 Å². The Morgan fingerprint density at radius 3 is 2.31 bits per heavy atom. The molecule has 0 saturated heterocycles. The molecular weight excluding hydrogens is 206 g/mol. The SMILES string of the molecule is CC.CNC(=O)CCOCCCOC(C)C. The Morgan fingerprint density at radius 1 is 1.19 bits per heavy atom. The largest absolute Gasteiger partial charge is 0.381 e. The second-order valence-corrected chi connectivity index (χ2v) is 3.31. The van der Waals surface area contributed by atoms with Crippen molar-refractivity contribution >= 4 is 5.91 Å². The summed E-state index contributed by atoms with van der Waals surface area (Å²) in [5.41, 5.74) is 0. The number of hydrogen-bond acceptors (Lipinski definition) is 3. The Bertz CT molecular complexity index is 149. The summed E-state index contributed by atoms with van der Waals surface area (Å²) in [6.45, 7) is 9.88. The Morgan fingerprint density at radius 2 is 1.81 bits per heavy atom. The maximum atomic E-state index is 10.8. The van der Waals surface area contributed by atoms with Crippen molar-refractivity contribution in [3.8, 4) is 0 Å². The fraction of sp³-hybridized carbons (Fsp3) is 0.917. The molecule has 0 aromatic carbocycles. The Hall–Kier alpha value is -0.610. The van der Waals surface area contributed by atoms with Gasteiger partial charge >= 0.3 is 0 Å². The van der Waals surface area contributed by atoms with Gasteiger partial charge in [0.25, 0.3) is 0 Å².